The van der Waals surface area contributed by atoms with Gasteiger partial charge in [0.1, 0.15) is 18.1 Å². The first-order valence-corrected chi connectivity index (χ1v) is 14.3. The van der Waals surface area contributed by atoms with Crippen LogP contribution in [0, 0.1) is 0 Å². The van der Waals surface area contributed by atoms with Gasteiger partial charge < -0.3 is 49.0 Å². The second kappa shape index (κ2) is 16.4. The Kier molecular flexibility index (Phi) is 12.4. The van der Waals surface area contributed by atoms with Crippen LogP contribution in [-0.2, 0) is 36.8 Å². The maximum Gasteiger partial charge on any atom is 0.326 e. The number of guanidine groups is 1. The van der Waals surface area contributed by atoms with Gasteiger partial charge in [0.15, 0.2) is 5.96 Å². The standard InChI is InChI=1S/C30H39N9O6/c31-20(13-17-7-2-1-3-8-17)26(41)38-23(15-25(32)40)28(43)37-22(11-6-12-35-30(33)34)27(42)39-24(29(44)45)14-18-16-36-21-10-5-4-9-19(18)21/h1-5,7-10,16,20,22-24,36H,6,11-15,31H2,(H2,32,40)(H,37,43)(H,38,41)(H,39,42)(H,44,45)(H4,33,34,35). The fraction of sp³-hybridized carbons (Fsp3) is 0.333. The van der Waals surface area contributed by atoms with Gasteiger partial charge in [-0.05, 0) is 36.5 Å². The smallest absolute Gasteiger partial charge is 0.326 e. The summed E-state index contributed by atoms with van der Waals surface area (Å²) in [5.74, 6) is -4.74. The number of amides is 4. The van der Waals surface area contributed by atoms with Crippen LogP contribution in [0.15, 0.2) is 65.8 Å². The van der Waals surface area contributed by atoms with E-state index in [2.05, 4.69) is 25.9 Å². The largest absolute Gasteiger partial charge is 0.480 e. The van der Waals surface area contributed by atoms with Gasteiger partial charge in [0.25, 0.3) is 0 Å². The average Bonchev–Trinajstić information content (AvgIpc) is 3.40. The summed E-state index contributed by atoms with van der Waals surface area (Å²) in [6.07, 6.45) is 1.45. The Morgan fingerprint density at radius 3 is 2.09 bits per heavy atom. The van der Waals surface area contributed by atoms with E-state index in [9.17, 15) is 29.1 Å². The van der Waals surface area contributed by atoms with Gasteiger partial charge in [0.05, 0.1) is 12.5 Å². The quantitative estimate of drug-likeness (QED) is 0.0494. The predicted molar refractivity (Wildman–Crippen MR) is 167 cm³/mol. The van der Waals surface area contributed by atoms with E-state index in [1.807, 2.05) is 30.3 Å². The van der Waals surface area contributed by atoms with E-state index in [1.54, 1.807) is 30.5 Å². The number of carbonyl (C=O) groups is 5. The number of nitrogens with one attached hydrogen (secondary N) is 4. The summed E-state index contributed by atoms with van der Waals surface area (Å²) < 4.78 is 0. The highest BCUT2D eigenvalue weighted by atomic mass is 16.4. The summed E-state index contributed by atoms with van der Waals surface area (Å²) in [5, 5.41) is 18.2. The molecule has 0 aliphatic carbocycles. The lowest BCUT2D eigenvalue weighted by Gasteiger charge is -2.25. The minimum atomic E-state index is -1.45. The number of aromatic nitrogens is 1. The minimum absolute atomic E-state index is 0.00145. The molecule has 240 valence electrons. The summed E-state index contributed by atoms with van der Waals surface area (Å²) in [5.41, 5.74) is 24.4. The van der Waals surface area contributed by atoms with Gasteiger partial charge in [0, 0.05) is 30.1 Å². The van der Waals surface area contributed by atoms with Crippen LogP contribution in [0.3, 0.4) is 0 Å². The van der Waals surface area contributed by atoms with E-state index in [1.165, 1.54) is 0 Å². The molecule has 3 rings (SSSR count). The van der Waals surface area contributed by atoms with Crippen LogP contribution in [0.2, 0.25) is 0 Å². The molecule has 15 heteroatoms. The molecule has 4 atom stereocenters. The van der Waals surface area contributed by atoms with Crippen LogP contribution in [0.5, 0.6) is 0 Å². The lowest BCUT2D eigenvalue weighted by molar-refractivity contribution is -0.142. The summed E-state index contributed by atoms with van der Waals surface area (Å²) in [6, 6.07) is 11.2. The van der Waals surface area contributed by atoms with Crippen LogP contribution in [0.4, 0.5) is 0 Å². The van der Waals surface area contributed by atoms with Crippen molar-refractivity contribution in [3.63, 3.8) is 0 Å². The molecule has 3 aromatic rings. The minimum Gasteiger partial charge on any atom is -0.480 e. The lowest BCUT2D eigenvalue weighted by atomic mass is 10.0. The zero-order chi connectivity index (χ0) is 32.9. The van der Waals surface area contributed by atoms with Crippen LogP contribution >= 0.6 is 0 Å². The van der Waals surface area contributed by atoms with Crippen LogP contribution < -0.4 is 38.9 Å². The van der Waals surface area contributed by atoms with E-state index in [0.717, 1.165) is 16.5 Å². The SMILES string of the molecule is NC(=O)CC(NC(=O)C(N)Cc1ccccc1)C(=O)NC(CCCN=C(N)N)C(=O)NC(Cc1c[nH]c2ccccc12)C(=O)O. The van der Waals surface area contributed by atoms with Crippen molar-refractivity contribution in [1.82, 2.24) is 20.9 Å². The Hall–Kier alpha value is -5.44. The van der Waals surface area contributed by atoms with E-state index in [4.69, 9.17) is 22.9 Å². The van der Waals surface area contributed by atoms with Crippen molar-refractivity contribution < 1.29 is 29.1 Å². The first-order chi connectivity index (χ1) is 21.4. The molecule has 0 aliphatic rings. The number of rotatable bonds is 17. The van der Waals surface area contributed by atoms with Gasteiger partial charge in [-0.3, -0.25) is 24.2 Å². The molecule has 0 bridgehead atoms. The molecule has 15 nitrogen and oxygen atoms in total. The number of carboxylic acids is 1. The number of benzene rings is 2. The van der Waals surface area contributed by atoms with Gasteiger partial charge >= 0.3 is 5.97 Å². The number of hydrogen-bond acceptors (Lipinski definition) is 7. The number of H-pyrrole nitrogens is 1. The molecule has 4 unspecified atom stereocenters. The number of primary amides is 1. The Bertz CT molecular complexity index is 1520. The number of aliphatic imine (C=N–C) groups is 1. The van der Waals surface area contributed by atoms with Crippen molar-refractivity contribution >= 4 is 46.5 Å². The number of aromatic amines is 1. The fourth-order valence-electron chi connectivity index (χ4n) is 4.69. The molecular formula is C30H39N9O6. The number of fused-ring (bicyclic) bond motifs is 1. The molecule has 1 aromatic heterocycles. The van der Waals surface area contributed by atoms with Gasteiger partial charge in [-0.25, -0.2) is 4.79 Å². The number of aliphatic carboxylic acids is 1. The third-order valence-corrected chi connectivity index (χ3v) is 6.97. The Labute approximate surface area is 259 Å². The molecule has 1 heterocycles. The van der Waals surface area contributed by atoms with E-state index >= 15 is 0 Å². The van der Waals surface area contributed by atoms with Gasteiger partial charge in [-0.2, -0.15) is 0 Å². The highest BCUT2D eigenvalue weighted by molar-refractivity contribution is 5.96. The van der Waals surface area contributed by atoms with Crippen molar-refractivity contribution in [2.24, 2.45) is 27.9 Å². The monoisotopic (exact) mass is 621 g/mol. The van der Waals surface area contributed by atoms with Gasteiger partial charge in [-0.15, -0.1) is 0 Å². The number of carbonyl (C=O) groups excluding carboxylic acids is 4. The van der Waals surface area contributed by atoms with Crippen molar-refractivity contribution in [2.75, 3.05) is 6.54 Å². The molecule has 0 radical (unpaired) electrons. The zero-order valence-electron chi connectivity index (χ0n) is 24.6. The average molecular weight is 622 g/mol. The van der Waals surface area contributed by atoms with Gasteiger partial charge in [-0.1, -0.05) is 48.5 Å². The number of hydrogen-bond donors (Lipinski definition) is 9. The number of nitrogens with two attached hydrogens (primary N) is 4. The topological polar surface area (TPSA) is 274 Å². The maximum atomic E-state index is 13.4. The van der Waals surface area contributed by atoms with Crippen LogP contribution in [-0.4, -0.2) is 76.4 Å². The van der Waals surface area contributed by atoms with Crippen LogP contribution in [0.1, 0.15) is 30.4 Å². The molecule has 0 spiro atoms. The fourth-order valence-corrected chi connectivity index (χ4v) is 4.69. The third-order valence-electron chi connectivity index (χ3n) is 6.97. The van der Waals surface area contributed by atoms with Crippen molar-refractivity contribution in [1.29, 1.82) is 0 Å². The molecular weight excluding hydrogens is 582 g/mol. The van der Waals surface area contributed by atoms with E-state index < -0.39 is 60.2 Å². The van der Waals surface area contributed by atoms with Crippen molar-refractivity contribution in [3.8, 4) is 0 Å². The third kappa shape index (κ3) is 10.7. The summed E-state index contributed by atoms with van der Waals surface area (Å²) in [4.78, 5) is 70.5. The maximum absolute atomic E-state index is 13.4. The number of para-hydroxylation sites is 1. The normalized spacial score (nSPS) is 13.5. The van der Waals surface area contributed by atoms with Crippen molar-refractivity contribution in [2.45, 2.75) is 56.3 Å². The molecule has 0 fully saturated rings. The van der Waals surface area contributed by atoms with Gasteiger partial charge in [0.2, 0.25) is 23.6 Å². The Morgan fingerprint density at radius 1 is 0.800 bits per heavy atom. The Morgan fingerprint density at radius 2 is 1.42 bits per heavy atom. The molecule has 4 amide bonds. The highest BCUT2D eigenvalue weighted by Gasteiger charge is 2.31. The van der Waals surface area contributed by atoms with E-state index in [-0.39, 0.29) is 38.2 Å². The molecule has 45 heavy (non-hydrogen) atoms. The first kappa shape index (κ1) is 34.1. The first-order valence-electron chi connectivity index (χ1n) is 14.3. The molecule has 2 aromatic carbocycles. The molecule has 0 saturated heterocycles. The molecule has 0 saturated carbocycles. The highest BCUT2D eigenvalue weighted by Crippen LogP contribution is 2.19. The zero-order valence-corrected chi connectivity index (χ0v) is 24.6. The van der Waals surface area contributed by atoms with Crippen LogP contribution in [0.25, 0.3) is 10.9 Å². The van der Waals surface area contributed by atoms with Crippen molar-refractivity contribution in [3.05, 3.63) is 71.9 Å². The second-order valence-electron chi connectivity index (χ2n) is 10.5. The van der Waals surface area contributed by atoms with E-state index in [0.29, 0.717) is 5.56 Å². The second-order valence-corrected chi connectivity index (χ2v) is 10.5. The summed E-state index contributed by atoms with van der Waals surface area (Å²) in [7, 11) is 0. The summed E-state index contributed by atoms with van der Waals surface area (Å²) in [6.45, 7) is 0.121. The lowest BCUT2D eigenvalue weighted by Crippen LogP contribution is -2.58. The molecule has 0 aliphatic heterocycles. The Balaban J connectivity index is 1.75. The molecule has 13 N–H and O–H groups in total. The number of carboxylic acid groups (broad SMARTS) is 1. The summed E-state index contributed by atoms with van der Waals surface area (Å²) >= 11 is 0. The number of nitrogens with zero attached hydrogens (tertiary/aromatic N) is 1. The predicted octanol–water partition coefficient (Wildman–Crippen LogP) is -1.25.